The van der Waals surface area contributed by atoms with Crippen LogP contribution in [0.15, 0.2) is 29.4 Å². The summed E-state index contributed by atoms with van der Waals surface area (Å²) in [5.74, 6) is 0. The van der Waals surface area contributed by atoms with E-state index in [1.807, 2.05) is 12.1 Å². The smallest absolute Gasteiger partial charge is 0.140 e. The Balaban J connectivity index is 2.62. The molecule has 0 radical (unpaired) electrons. The standard InChI is InChI=1S/C15H23NO3/c1-13-6-8-14(9-7-13)15(16-19-12-10-17)5-3-4-11-18-2/h6-9,17H,3-5,10-12H2,1-2H3/b16-15+. The predicted octanol–water partition coefficient (Wildman–Crippen LogP) is 2.52. The van der Waals surface area contributed by atoms with Crippen molar-refractivity contribution in [3.63, 3.8) is 0 Å². The molecule has 4 heteroatoms. The lowest BCUT2D eigenvalue weighted by atomic mass is 10.0. The van der Waals surface area contributed by atoms with E-state index in [4.69, 9.17) is 14.7 Å². The van der Waals surface area contributed by atoms with Crippen molar-refractivity contribution in [3.05, 3.63) is 35.4 Å². The fraction of sp³-hybridized carbons (Fsp3) is 0.533. The molecule has 1 N–H and O–H groups in total. The number of aryl methyl sites for hydroxylation is 1. The highest BCUT2D eigenvalue weighted by Crippen LogP contribution is 2.10. The van der Waals surface area contributed by atoms with Crippen LogP contribution in [-0.2, 0) is 9.57 Å². The average molecular weight is 265 g/mol. The van der Waals surface area contributed by atoms with E-state index in [0.29, 0.717) is 0 Å². The lowest BCUT2D eigenvalue weighted by Crippen LogP contribution is -2.05. The lowest BCUT2D eigenvalue weighted by molar-refractivity contribution is 0.0982. The third-order valence-corrected chi connectivity index (χ3v) is 2.75. The van der Waals surface area contributed by atoms with Crippen molar-refractivity contribution in [2.75, 3.05) is 26.9 Å². The van der Waals surface area contributed by atoms with Crippen LogP contribution in [0.25, 0.3) is 0 Å². The van der Waals surface area contributed by atoms with E-state index in [2.05, 4.69) is 24.2 Å². The van der Waals surface area contributed by atoms with Gasteiger partial charge in [0, 0.05) is 13.7 Å². The fourth-order valence-electron chi connectivity index (χ4n) is 1.69. The van der Waals surface area contributed by atoms with Gasteiger partial charge in [0.1, 0.15) is 6.61 Å². The molecule has 0 heterocycles. The first-order chi connectivity index (χ1) is 9.27. The van der Waals surface area contributed by atoms with Gasteiger partial charge in [0.25, 0.3) is 0 Å². The summed E-state index contributed by atoms with van der Waals surface area (Å²) >= 11 is 0. The van der Waals surface area contributed by atoms with Crippen molar-refractivity contribution in [2.24, 2.45) is 5.16 Å². The molecular formula is C15H23NO3. The molecule has 0 spiro atoms. The van der Waals surface area contributed by atoms with Gasteiger partial charge in [-0.15, -0.1) is 0 Å². The number of unbranched alkanes of at least 4 members (excludes halogenated alkanes) is 1. The number of aliphatic hydroxyl groups is 1. The van der Waals surface area contributed by atoms with Gasteiger partial charge in [0.2, 0.25) is 0 Å². The minimum Gasteiger partial charge on any atom is -0.393 e. The van der Waals surface area contributed by atoms with E-state index in [1.54, 1.807) is 7.11 Å². The Morgan fingerprint density at radius 3 is 2.53 bits per heavy atom. The number of oxime groups is 1. The van der Waals surface area contributed by atoms with Gasteiger partial charge >= 0.3 is 0 Å². The number of nitrogens with zero attached hydrogens (tertiary/aromatic N) is 1. The zero-order valence-electron chi connectivity index (χ0n) is 11.8. The Morgan fingerprint density at radius 2 is 1.89 bits per heavy atom. The Morgan fingerprint density at radius 1 is 1.16 bits per heavy atom. The maximum absolute atomic E-state index is 8.72. The second-order valence-electron chi connectivity index (χ2n) is 4.41. The molecule has 1 aromatic rings. The van der Waals surface area contributed by atoms with Crippen LogP contribution < -0.4 is 0 Å². The first kappa shape index (κ1) is 15.7. The summed E-state index contributed by atoms with van der Waals surface area (Å²) in [4.78, 5) is 5.09. The molecule has 0 aliphatic carbocycles. The molecule has 0 aromatic heterocycles. The van der Waals surface area contributed by atoms with Crippen LogP contribution in [0.1, 0.15) is 30.4 Å². The zero-order chi connectivity index (χ0) is 13.9. The van der Waals surface area contributed by atoms with Crippen LogP contribution >= 0.6 is 0 Å². The molecule has 0 amide bonds. The van der Waals surface area contributed by atoms with E-state index in [-0.39, 0.29) is 13.2 Å². The number of ether oxygens (including phenoxy) is 1. The van der Waals surface area contributed by atoms with Crippen LogP contribution in [0.4, 0.5) is 0 Å². The summed E-state index contributed by atoms with van der Waals surface area (Å²) < 4.78 is 5.04. The Hall–Kier alpha value is -1.39. The van der Waals surface area contributed by atoms with E-state index in [0.717, 1.165) is 37.1 Å². The number of benzene rings is 1. The Labute approximate surface area is 115 Å². The van der Waals surface area contributed by atoms with E-state index >= 15 is 0 Å². The number of hydrogen-bond donors (Lipinski definition) is 1. The Bertz CT molecular complexity index is 373. The maximum atomic E-state index is 8.72. The molecule has 0 saturated carbocycles. The predicted molar refractivity (Wildman–Crippen MR) is 76.5 cm³/mol. The third-order valence-electron chi connectivity index (χ3n) is 2.75. The monoisotopic (exact) mass is 265 g/mol. The number of aliphatic hydroxyl groups excluding tert-OH is 1. The molecule has 0 fully saturated rings. The van der Waals surface area contributed by atoms with Gasteiger partial charge in [-0.25, -0.2) is 0 Å². The second kappa shape index (κ2) is 9.53. The first-order valence-electron chi connectivity index (χ1n) is 6.63. The van der Waals surface area contributed by atoms with Gasteiger partial charge in [0.05, 0.1) is 12.3 Å². The normalized spacial score (nSPS) is 11.6. The maximum Gasteiger partial charge on any atom is 0.140 e. The van der Waals surface area contributed by atoms with Gasteiger partial charge in [0.15, 0.2) is 0 Å². The highest BCUT2D eigenvalue weighted by molar-refractivity contribution is 6.00. The van der Waals surface area contributed by atoms with Gasteiger partial charge < -0.3 is 14.7 Å². The number of hydrogen-bond acceptors (Lipinski definition) is 4. The van der Waals surface area contributed by atoms with Gasteiger partial charge in [-0.3, -0.25) is 0 Å². The molecule has 0 aliphatic rings. The second-order valence-corrected chi connectivity index (χ2v) is 4.41. The highest BCUT2D eigenvalue weighted by atomic mass is 16.6. The molecule has 0 bridgehead atoms. The van der Waals surface area contributed by atoms with Crippen molar-refractivity contribution < 1.29 is 14.7 Å². The molecule has 19 heavy (non-hydrogen) atoms. The largest absolute Gasteiger partial charge is 0.393 e. The molecule has 1 rings (SSSR count). The molecule has 0 atom stereocenters. The highest BCUT2D eigenvalue weighted by Gasteiger charge is 2.04. The first-order valence-corrected chi connectivity index (χ1v) is 6.63. The van der Waals surface area contributed by atoms with Crippen molar-refractivity contribution in [1.29, 1.82) is 0 Å². The minimum atomic E-state index is -0.0195. The number of rotatable bonds is 9. The molecule has 1 aromatic carbocycles. The summed E-state index contributed by atoms with van der Waals surface area (Å²) in [6.07, 6.45) is 2.85. The van der Waals surface area contributed by atoms with Gasteiger partial charge in [-0.05, 0) is 31.7 Å². The van der Waals surface area contributed by atoms with E-state index in [9.17, 15) is 0 Å². The minimum absolute atomic E-state index is 0.0195. The van der Waals surface area contributed by atoms with Crippen LogP contribution in [-0.4, -0.2) is 37.7 Å². The molecular weight excluding hydrogens is 242 g/mol. The fourth-order valence-corrected chi connectivity index (χ4v) is 1.69. The van der Waals surface area contributed by atoms with Crippen molar-refractivity contribution in [1.82, 2.24) is 0 Å². The van der Waals surface area contributed by atoms with Crippen molar-refractivity contribution in [3.8, 4) is 0 Å². The van der Waals surface area contributed by atoms with Crippen molar-refractivity contribution in [2.45, 2.75) is 26.2 Å². The molecule has 0 unspecified atom stereocenters. The summed E-state index contributed by atoms with van der Waals surface area (Å²) in [7, 11) is 1.71. The Kier molecular flexibility index (Phi) is 7.86. The summed E-state index contributed by atoms with van der Waals surface area (Å²) in [6, 6.07) is 8.22. The third kappa shape index (κ3) is 6.36. The summed E-state index contributed by atoms with van der Waals surface area (Å²) in [5.41, 5.74) is 3.21. The average Bonchev–Trinajstić information content (AvgIpc) is 2.43. The molecule has 0 saturated heterocycles. The molecule has 0 aliphatic heterocycles. The van der Waals surface area contributed by atoms with E-state index in [1.165, 1.54) is 5.56 Å². The molecule has 4 nitrogen and oxygen atoms in total. The SMILES string of the molecule is COCCCC/C(=N\OCCO)c1ccc(C)cc1. The summed E-state index contributed by atoms with van der Waals surface area (Å²) in [6.45, 7) is 3.03. The number of methoxy groups -OCH3 is 1. The van der Waals surface area contributed by atoms with Crippen LogP contribution in [0, 0.1) is 6.92 Å². The van der Waals surface area contributed by atoms with Crippen molar-refractivity contribution >= 4 is 5.71 Å². The molecule has 106 valence electrons. The zero-order valence-corrected chi connectivity index (χ0v) is 11.8. The summed E-state index contributed by atoms with van der Waals surface area (Å²) in [5, 5.41) is 12.8. The van der Waals surface area contributed by atoms with Gasteiger partial charge in [-0.2, -0.15) is 0 Å². The van der Waals surface area contributed by atoms with Crippen LogP contribution in [0.3, 0.4) is 0 Å². The topological polar surface area (TPSA) is 51.0 Å². The van der Waals surface area contributed by atoms with Gasteiger partial charge in [-0.1, -0.05) is 35.0 Å². The van der Waals surface area contributed by atoms with Crippen LogP contribution in [0.5, 0.6) is 0 Å². The van der Waals surface area contributed by atoms with E-state index < -0.39 is 0 Å². The lowest BCUT2D eigenvalue weighted by Gasteiger charge is -2.07. The quantitative estimate of drug-likeness (QED) is 0.424. The van der Waals surface area contributed by atoms with Crippen LogP contribution in [0.2, 0.25) is 0 Å².